The molecule has 1 fully saturated rings. The summed E-state index contributed by atoms with van der Waals surface area (Å²) in [6.45, 7) is 8.02. The number of aliphatic hydroxyl groups excluding tert-OH is 1. The van der Waals surface area contributed by atoms with Crippen molar-refractivity contribution in [3.63, 3.8) is 0 Å². The van der Waals surface area contributed by atoms with Gasteiger partial charge in [0.1, 0.15) is 0 Å². The van der Waals surface area contributed by atoms with Crippen LogP contribution in [-0.2, 0) is 9.59 Å². The van der Waals surface area contributed by atoms with Gasteiger partial charge in [0.25, 0.3) is 0 Å². The molecule has 0 radical (unpaired) electrons. The molecule has 0 aromatic carbocycles. The normalized spacial score (nSPS) is 26.5. The zero-order chi connectivity index (χ0) is 14.1. The highest BCUT2D eigenvalue weighted by molar-refractivity contribution is 5.84. The minimum Gasteiger partial charge on any atom is -0.481 e. The number of rotatable bonds is 3. The van der Waals surface area contributed by atoms with Gasteiger partial charge in [0.15, 0.2) is 0 Å². The van der Waals surface area contributed by atoms with Gasteiger partial charge >= 0.3 is 5.97 Å². The molecule has 0 aliphatic carbocycles. The van der Waals surface area contributed by atoms with Gasteiger partial charge in [-0.1, -0.05) is 27.7 Å². The number of hydrogen-bond donors (Lipinski definition) is 2. The third-order valence-electron chi connectivity index (χ3n) is 4.01. The van der Waals surface area contributed by atoms with Crippen molar-refractivity contribution in [3.8, 4) is 0 Å². The lowest BCUT2D eigenvalue weighted by atomic mass is 9.80. The Morgan fingerprint density at radius 3 is 2.28 bits per heavy atom. The number of nitrogens with zero attached hydrogens (tertiary/aromatic N) is 1. The van der Waals surface area contributed by atoms with E-state index in [0.29, 0.717) is 19.5 Å². The number of amides is 1. The monoisotopic (exact) mass is 257 g/mol. The van der Waals surface area contributed by atoms with Gasteiger partial charge in [-0.2, -0.15) is 0 Å². The van der Waals surface area contributed by atoms with E-state index in [1.807, 2.05) is 13.8 Å². The molecule has 0 saturated carbocycles. The van der Waals surface area contributed by atoms with Crippen LogP contribution in [0.4, 0.5) is 0 Å². The van der Waals surface area contributed by atoms with Crippen molar-refractivity contribution < 1.29 is 19.8 Å². The molecule has 0 spiro atoms. The fraction of sp³-hybridized carbons (Fsp3) is 0.846. The average Bonchev–Trinajstić information content (AvgIpc) is 2.29. The predicted molar refractivity (Wildman–Crippen MR) is 66.9 cm³/mol. The predicted octanol–water partition coefficient (Wildman–Crippen LogP) is 0.963. The number of carbonyl (C=O) groups excluding carboxylic acids is 1. The molecule has 5 nitrogen and oxygen atoms in total. The Labute approximate surface area is 108 Å². The summed E-state index contributed by atoms with van der Waals surface area (Å²) in [6.07, 6.45) is 0.140. The van der Waals surface area contributed by atoms with Crippen molar-refractivity contribution in [2.45, 2.75) is 40.2 Å². The van der Waals surface area contributed by atoms with E-state index in [-0.39, 0.29) is 11.3 Å². The number of carboxylic acids is 1. The van der Waals surface area contributed by atoms with Crippen molar-refractivity contribution in [2.75, 3.05) is 13.1 Å². The van der Waals surface area contributed by atoms with Crippen molar-refractivity contribution >= 4 is 11.9 Å². The van der Waals surface area contributed by atoms with Gasteiger partial charge in [0.05, 0.1) is 12.0 Å². The number of carbonyl (C=O) groups is 2. The van der Waals surface area contributed by atoms with Crippen LogP contribution in [0, 0.1) is 17.3 Å². The maximum absolute atomic E-state index is 12.2. The largest absolute Gasteiger partial charge is 0.481 e. The number of piperidine rings is 1. The molecular formula is C13H23NO4. The van der Waals surface area contributed by atoms with Crippen LogP contribution in [0.5, 0.6) is 0 Å². The van der Waals surface area contributed by atoms with Crippen molar-refractivity contribution in [1.29, 1.82) is 0 Å². The first kappa shape index (κ1) is 15.0. The molecule has 104 valence electrons. The van der Waals surface area contributed by atoms with Gasteiger partial charge in [0.2, 0.25) is 5.91 Å². The van der Waals surface area contributed by atoms with E-state index in [2.05, 4.69) is 0 Å². The highest BCUT2D eigenvalue weighted by Crippen LogP contribution is 2.30. The van der Waals surface area contributed by atoms with E-state index in [9.17, 15) is 14.7 Å². The summed E-state index contributed by atoms with van der Waals surface area (Å²) < 4.78 is 0. The van der Waals surface area contributed by atoms with E-state index in [4.69, 9.17) is 5.11 Å². The Morgan fingerprint density at radius 1 is 1.28 bits per heavy atom. The molecule has 1 aliphatic rings. The molecule has 1 saturated heterocycles. The molecule has 1 aliphatic heterocycles. The van der Waals surface area contributed by atoms with E-state index in [1.54, 1.807) is 18.7 Å². The molecule has 2 N–H and O–H groups in total. The molecule has 0 aromatic rings. The number of hydrogen-bond acceptors (Lipinski definition) is 3. The molecule has 0 bridgehead atoms. The van der Waals surface area contributed by atoms with Crippen LogP contribution in [0.2, 0.25) is 0 Å². The molecule has 3 unspecified atom stereocenters. The molecular weight excluding hydrogens is 234 g/mol. The van der Waals surface area contributed by atoms with Crippen LogP contribution in [0.15, 0.2) is 0 Å². The van der Waals surface area contributed by atoms with E-state index in [0.717, 1.165) is 0 Å². The van der Waals surface area contributed by atoms with Crippen LogP contribution in [-0.4, -0.2) is 46.2 Å². The fourth-order valence-corrected chi connectivity index (χ4v) is 2.25. The Hall–Kier alpha value is -1.10. The van der Waals surface area contributed by atoms with Gasteiger partial charge in [0, 0.05) is 24.4 Å². The summed E-state index contributed by atoms with van der Waals surface area (Å²) in [5, 5.41) is 18.8. The number of aliphatic hydroxyl groups is 1. The topological polar surface area (TPSA) is 77.8 Å². The second-order valence-electron chi connectivity index (χ2n) is 5.97. The third-order valence-corrected chi connectivity index (χ3v) is 4.01. The summed E-state index contributed by atoms with van der Waals surface area (Å²) in [5.41, 5.74) is -0.333. The smallest absolute Gasteiger partial charge is 0.307 e. The maximum Gasteiger partial charge on any atom is 0.307 e. The first-order valence-corrected chi connectivity index (χ1v) is 6.36. The molecule has 5 heteroatoms. The highest BCUT2D eigenvalue weighted by Gasteiger charge is 2.38. The van der Waals surface area contributed by atoms with Crippen LogP contribution < -0.4 is 0 Å². The van der Waals surface area contributed by atoms with E-state index in [1.165, 1.54) is 0 Å². The summed E-state index contributed by atoms with van der Waals surface area (Å²) in [4.78, 5) is 24.8. The van der Waals surface area contributed by atoms with Crippen molar-refractivity contribution in [3.05, 3.63) is 0 Å². The van der Waals surface area contributed by atoms with Gasteiger partial charge in [-0.3, -0.25) is 9.59 Å². The second kappa shape index (κ2) is 5.26. The van der Waals surface area contributed by atoms with Gasteiger partial charge in [-0.15, -0.1) is 0 Å². The lowest BCUT2D eigenvalue weighted by Crippen LogP contribution is -2.52. The standard InChI is InChI=1S/C13H23NO4/c1-8(9(2)12(17)18)11(16)14-6-5-10(15)13(3,4)7-14/h8-10,15H,5-7H2,1-4H3,(H,17,18). The Bertz CT molecular complexity index is 340. The molecule has 0 aromatic heterocycles. The second-order valence-corrected chi connectivity index (χ2v) is 5.97. The molecule has 1 amide bonds. The molecule has 1 rings (SSSR count). The van der Waals surface area contributed by atoms with Gasteiger partial charge in [-0.25, -0.2) is 0 Å². The lowest BCUT2D eigenvalue weighted by molar-refractivity contribution is -0.152. The van der Waals surface area contributed by atoms with Crippen molar-refractivity contribution in [1.82, 2.24) is 4.90 Å². The SMILES string of the molecule is CC(C(=O)O)C(C)C(=O)N1CCC(O)C(C)(C)C1. The first-order valence-electron chi connectivity index (χ1n) is 6.36. The summed E-state index contributed by atoms with van der Waals surface area (Å²) >= 11 is 0. The Morgan fingerprint density at radius 2 is 1.83 bits per heavy atom. The molecule has 1 heterocycles. The van der Waals surface area contributed by atoms with E-state index < -0.39 is 23.9 Å². The lowest BCUT2D eigenvalue weighted by Gasteiger charge is -2.42. The number of aliphatic carboxylic acids is 1. The van der Waals surface area contributed by atoms with Crippen LogP contribution >= 0.6 is 0 Å². The van der Waals surface area contributed by atoms with Crippen LogP contribution in [0.25, 0.3) is 0 Å². The molecule has 3 atom stereocenters. The highest BCUT2D eigenvalue weighted by atomic mass is 16.4. The quantitative estimate of drug-likeness (QED) is 0.789. The number of carboxylic acid groups (broad SMARTS) is 1. The minimum absolute atomic E-state index is 0.134. The molecule has 18 heavy (non-hydrogen) atoms. The summed E-state index contributed by atoms with van der Waals surface area (Å²) in [7, 11) is 0. The zero-order valence-electron chi connectivity index (χ0n) is 11.5. The Kier molecular flexibility index (Phi) is 4.37. The summed E-state index contributed by atoms with van der Waals surface area (Å²) in [6, 6.07) is 0. The van der Waals surface area contributed by atoms with Gasteiger partial charge < -0.3 is 15.1 Å². The number of likely N-dealkylation sites (tertiary alicyclic amines) is 1. The average molecular weight is 257 g/mol. The van der Waals surface area contributed by atoms with Crippen molar-refractivity contribution in [2.24, 2.45) is 17.3 Å². The van der Waals surface area contributed by atoms with Gasteiger partial charge in [-0.05, 0) is 6.42 Å². The fourth-order valence-electron chi connectivity index (χ4n) is 2.25. The van der Waals surface area contributed by atoms with Crippen LogP contribution in [0.3, 0.4) is 0 Å². The first-order chi connectivity index (χ1) is 8.16. The Balaban J connectivity index is 2.71. The maximum atomic E-state index is 12.2. The third kappa shape index (κ3) is 3.02. The zero-order valence-corrected chi connectivity index (χ0v) is 11.5. The summed E-state index contributed by atoms with van der Waals surface area (Å²) in [5.74, 6) is -2.31. The minimum atomic E-state index is -0.952. The van der Waals surface area contributed by atoms with Crippen LogP contribution in [0.1, 0.15) is 34.1 Å². The van der Waals surface area contributed by atoms with E-state index >= 15 is 0 Å².